The summed E-state index contributed by atoms with van der Waals surface area (Å²) < 4.78 is 0. The van der Waals surface area contributed by atoms with E-state index in [1.54, 1.807) is 6.92 Å². The van der Waals surface area contributed by atoms with Crippen LogP contribution in [0.3, 0.4) is 0 Å². The van der Waals surface area contributed by atoms with Gasteiger partial charge in [0.2, 0.25) is 0 Å². The number of hydrogen-bond acceptors (Lipinski definition) is 1. The maximum Gasteiger partial charge on any atom is 0.0692 e. The number of aliphatic hydroxyl groups is 1. The molecular formula is C12H24O. The molecule has 0 amide bonds. The Bertz CT molecular complexity index is 116. The second kappa shape index (κ2) is 9.79. The lowest BCUT2D eigenvalue weighted by Crippen LogP contribution is -1.91. The van der Waals surface area contributed by atoms with Crippen molar-refractivity contribution >= 4 is 0 Å². The first-order chi connectivity index (χ1) is 6.27. The van der Waals surface area contributed by atoms with Crippen LogP contribution in [0.25, 0.3) is 0 Å². The monoisotopic (exact) mass is 184 g/mol. The fourth-order valence-electron chi connectivity index (χ4n) is 1.34. The lowest BCUT2D eigenvalue weighted by molar-refractivity contribution is 0.244. The van der Waals surface area contributed by atoms with Crippen LogP contribution in [-0.2, 0) is 0 Å². The van der Waals surface area contributed by atoms with Gasteiger partial charge >= 0.3 is 0 Å². The first kappa shape index (κ1) is 12.7. The van der Waals surface area contributed by atoms with Gasteiger partial charge in [-0.05, 0) is 19.8 Å². The van der Waals surface area contributed by atoms with Crippen molar-refractivity contribution in [2.24, 2.45) is 0 Å². The molecule has 0 bridgehead atoms. The van der Waals surface area contributed by atoms with Gasteiger partial charge in [-0.1, -0.05) is 51.2 Å². The van der Waals surface area contributed by atoms with E-state index in [0.717, 1.165) is 6.42 Å². The topological polar surface area (TPSA) is 20.2 Å². The third-order valence-corrected chi connectivity index (χ3v) is 2.14. The van der Waals surface area contributed by atoms with Crippen molar-refractivity contribution in [3.05, 3.63) is 12.2 Å². The largest absolute Gasteiger partial charge is 0.389 e. The van der Waals surface area contributed by atoms with E-state index in [-0.39, 0.29) is 6.10 Å². The molecule has 0 aliphatic rings. The SMILES string of the molecule is CCCCCCCC/C=C\C(C)O. The summed E-state index contributed by atoms with van der Waals surface area (Å²) in [5, 5.41) is 8.94. The molecule has 0 heterocycles. The van der Waals surface area contributed by atoms with Gasteiger partial charge in [-0.2, -0.15) is 0 Å². The van der Waals surface area contributed by atoms with Crippen molar-refractivity contribution in [1.29, 1.82) is 0 Å². The zero-order valence-corrected chi connectivity index (χ0v) is 9.13. The molecule has 1 atom stereocenters. The van der Waals surface area contributed by atoms with Crippen LogP contribution in [-0.4, -0.2) is 11.2 Å². The van der Waals surface area contributed by atoms with Crippen molar-refractivity contribution < 1.29 is 5.11 Å². The molecule has 0 saturated heterocycles. The van der Waals surface area contributed by atoms with Crippen molar-refractivity contribution in [2.75, 3.05) is 0 Å². The summed E-state index contributed by atoms with van der Waals surface area (Å²) in [6, 6.07) is 0. The Labute approximate surface area is 82.9 Å². The molecule has 1 N–H and O–H groups in total. The van der Waals surface area contributed by atoms with Gasteiger partial charge in [-0.3, -0.25) is 0 Å². The summed E-state index contributed by atoms with van der Waals surface area (Å²) in [5.41, 5.74) is 0. The van der Waals surface area contributed by atoms with Gasteiger partial charge in [0, 0.05) is 0 Å². The van der Waals surface area contributed by atoms with E-state index in [1.807, 2.05) is 6.08 Å². The molecule has 13 heavy (non-hydrogen) atoms. The molecule has 0 spiro atoms. The Kier molecular flexibility index (Phi) is 9.56. The number of unbranched alkanes of at least 4 members (excludes halogenated alkanes) is 6. The van der Waals surface area contributed by atoms with Crippen molar-refractivity contribution in [3.8, 4) is 0 Å². The quantitative estimate of drug-likeness (QED) is 0.451. The van der Waals surface area contributed by atoms with Crippen LogP contribution in [0.2, 0.25) is 0 Å². The second-order valence-electron chi connectivity index (χ2n) is 3.73. The van der Waals surface area contributed by atoms with Crippen LogP contribution in [0.1, 0.15) is 58.8 Å². The Morgan fingerprint density at radius 1 is 1.08 bits per heavy atom. The zero-order chi connectivity index (χ0) is 9.94. The molecule has 0 radical (unpaired) electrons. The summed E-state index contributed by atoms with van der Waals surface area (Å²) in [4.78, 5) is 0. The van der Waals surface area contributed by atoms with Crippen LogP contribution >= 0.6 is 0 Å². The van der Waals surface area contributed by atoms with E-state index in [9.17, 15) is 0 Å². The minimum Gasteiger partial charge on any atom is -0.389 e. The Morgan fingerprint density at radius 3 is 2.31 bits per heavy atom. The highest BCUT2D eigenvalue weighted by atomic mass is 16.3. The van der Waals surface area contributed by atoms with Crippen molar-refractivity contribution in [2.45, 2.75) is 64.9 Å². The number of rotatable bonds is 8. The summed E-state index contributed by atoms with van der Waals surface area (Å²) in [5.74, 6) is 0. The standard InChI is InChI=1S/C12H24O/c1-3-4-5-6-7-8-9-10-11-12(2)13/h10-13H,3-9H2,1-2H3/b11-10-. The molecule has 0 aliphatic carbocycles. The third kappa shape index (κ3) is 11.7. The van der Waals surface area contributed by atoms with E-state index < -0.39 is 0 Å². The highest BCUT2D eigenvalue weighted by molar-refractivity contribution is 4.85. The molecule has 1 heteroatoms. The van der Waals surface area contributed by atoms with E-state index in [0.29, 0.717) is 0 Å². The number of aliphatic hydroxyl groups excluding tert-OH is 1. The molecule has 1 unspecified atom stereocenters. The van der Waals surface area contributed by atoms with Gasteiger partial charge in [0.05, 0.1) is 6.10 Å². The fraction of sp³-hybridized carbons (Fsp3) is 0.833. The van der Waals surface area contributed by atoms with Gasteiger partial charge in [-0.25, -0.2) is 0 Å². The molecule has 1 nitrogen and oxygen atoms in total. The summed E-state index contributed by atoms with van der Waals surface area (Å²) in [7, 11) is 0. The molecule has 0 fully saturated rings. The van der Waals surface area contributed by atoms with Gasteiger partial charge in [0.1, 0.15) is 0 Å². The molecule has 0 aromatic heterocycles. The zero-order valence-electron chi connectivity index (χ0n) is 9.13. The predicted molar refractivity (Wildman–Crippen MR) is 58.8 cm³/mol. The first-order valence-electron chi connectivity index (χ1n) is 5.62. The van der Waals surface area contributed by atoms with Crippen LogP contribution in [0, 0.1) is 0 Å². The molecule has 78 valence electrons. The Hall–Kier alpha value is -0.300. The summed E-state index contributed by atoms with van der Waals surface area (Å²) in [6.07, 6.45) is 12.9. The van der Waals surface area contributed by atoms with Crippen LogP contribution in [0.4, 0.5) is 0 Å². The maximum atomic E-state index is 8.94. The molecule has 0 rings (SSSR count). The number of allylic oxidation sites excluding steroid dienone is 1. The average Bonchev–Trinajstić information content (AvgIpc) is 2.09. The van der Waals surface area contributed by atoms with Crippen molar-refractivity contribution in [3.63, 3.8) is 0 Å². The lowest BCUT2D eigenvalue weighted by atomic mass is 10.1. The van der Waals surface area contributed by atoms with Gasteiger partial charge in [0.25, 0.3) is 0 Å². The maximum absolute atomic E-state index is 8.94. The van der Waals surface area contributed by atoms with Crippen molar-refractivity contribution in [1.82, 2.24) is 0 Å². The Balaban J connectivity index is 2.99. The fourth-order valence-corrected chi connectivity index (χ4v) is 1.34. The van der Waals surface area contributed by atoms with E-state index in [4.69, 9.17) is 5.11 Å². The van der Waals surface area contributed by atoms with E-state index in [1.165, 1.54) is 38.5 Å². The number of hydrogen-bond donors (Lipinski definition) is 1. The highest BCUT2D eigenvalue weighted by Crippen LogP contribution is 2.07. The normalized spacial score (nSPS) is 13.8. The molecule has 0 aromatic carbocycles. The molecule has 0 aliphatic heterocycles. The van der Waals surface area contributed by atoms with Gasteiger partial charge < -0.3 is 5.11 Å². The average molecular weight is 184 g/mol. The van der Waals surface area contributed by atoms with Crippen LogP contribution in [0.15, 0.2) is 12.2 Å². The van der Waals surface area contributed by atoms with E-state index in [2.05, 4.69) is 13.0 Å². The first-order valence-corrected chi connectivity index (χ1v) is 5.62. The summed E-state index contributed by atoms with van der Waals surface area (Å²) >= 11 is 0. The predicted octanol–water partition coefficient (Wildman–Crippen LogP) is 3.67. The minimum atomic E-state index is -0.278. The van der Waals surface area contributed by atoms with Crippen LogP contribution < -0.4 is 0 Å². The second-order valence-corrected chi connectivity index (χ2v) is 3.73. The Morgan fingerprint density at radius 2 is 1.69 bits per heavy atom. The molecule has 0 aromatic rings. The van der Waals surface area contributed by atoms with Gasteiger partial charge in [0.15, 0.2) is 0 Å². The van der Waals surface area contributed by atoms with E-state index >= 15 is 0 Å². The third-order valence-electron chi connectivity index (χ3n) is 2.14. The smallest absolute Gasteiger partial charge is 0.0692 e. The van der Waals surface area contributed by atoms with Gasteiger partial charge in [-0.15, -0.1) is 0 Å². The van der Waals surface area contributed by atoms with Crippen LogP contribution in [0.5, 0.6) is 0 Å². The minimum absolute atomic E-state index is 0.278. The lowest BCUT2D eigenvalue weighted by Gasteiger charge is -1.98. The molecular weight excluding hydrogens is 160 g/mol. The molecule has 0 saturated carbocycles. The highest BCUT2D eigenvalue weighted by Gasteiger charge is 1.88. The summed E-state index contributed by atoms with van der Waals surface area (Å²) in [6.45, 7) is 4.03.